The number of benzene rings is 1. The topological polar surface area (TPSA) is 59.5 Å². The molecule has 1 amide bonds. The molecule has 3 rings (SSSR count). The molecule has 134 valence electrons. The summed E-state index contributed by atoms with van der Waals surface area (Å²) in [5.41, 5.74) is 5.86. The van der Waals surface area contributed by atoms with Crippen LogP contribution in [0.2, 0.25) is 0 Å². The average Bonchev–Trinajstić information content (AvgIpc) is 2.69. The minimum Gasteiger partial charge on any atom is -0.426 e. The molecule has 0 saturated heterocycles. The zero-order chi connectivity index (χ0) is 19.1. The fourth-order valence-corrected chi connectivity index (χ4v) is 2.39. The third-order valence-electron chi connectivity index (χ3n) is 3.64. The van der Waals surface area contributed by atoms with Crippen LogP contribution < -0.4 is 9.64 Å². The Bertz CT molecular complexity index is 985. The predicted molar refractivity (Wildman–Crippen MR) is 97.5 cm³/mol. The molecule has 0 fully saturated rings. The van der Waals surface area contributed by atoms with Crippen LogP contribution in [-0.2, 0) is 9.59 Å². The van der Waals surface area contributed by atoms with Crippen molar-refractivity contribution in [2.45, 2.75) is 6.42 Å². The van der Waals surface area contributed by atoms with Crippen LogP contribution in [0.1, 0.15) is 6.42 Å². The first-order valence-electron chi connectivity index (χ1n) is 8.20. The first-order chi connectivity index (χ1) is 13.1. The number of nitrogens with zero attached hydrogens (tertiary/aromatic N) is 2. The van der Waals surface area contributed by atoms with Gasteiger partial charge in [0.1, 0.15) is 17.4 Å². The van der Waals surface area contributed by atoms with E-state index in [9.17, 15) is 14.0 Å². The number of esters is 1. The number of ether oxygens (including phenoxy) is 1. The highest BCUT2D eigenvalue weighted by molar-refractivity contribution is 6.07. The Kier molecular flexibility index (Phi) is 5.75. The van der Waals surface area contributed by atoms with Crippen molar-refractivity contribution in [2.75, 3.05) is 11.4 Å². The van der Waals surface area contributed by atoms with Gasteiger partial charge in [-0.05, 0) is 36.4 Å². The molecule has 0 aliphatic heterocycles. The van der Waals surface area contributed by atoms with Crippen LogP contribution in [-0.4, -0.2) is 23.4 Å². The molecule has 1 heterocycles. The van der Waals surface area contributed by atoms with E-state index in [0.29, 0.717) is 11.4 Å². The third kappa shape index (κ3) is 4.89. The van der Waals surface area contributed by atoms with Crippen molar-refractivity contribution in [3.63, 3.8) is 0 Å². The van der Waals surface area contributed by atoms with E-state index in [1.165, 1.54) is 29.2 Å². The molecular weight excluding hydrogens is 347 g/mol. The smallest absolute Gasteiger partial charge is 0.312 e. The average molecular weight is 362 g/mol. The van der Waals surface area contributed by atoms with Gasteiger partial charge in [-0.1, -0.05) is 23.6 Å². The molecule has 0 saturated carbocycles. The van der Waals surface area contributed by atoms with Crippen molar-refractivity contribution in [2.24, 2.45) is 0 Å². The minimum absolute atomic E-state index is 0.0581. The molecule has 0 atom stereocenters. The number of amides is 1. The zero-order valence-corrected chi connectivity index (χ0v) is 14.3. The molecule has 0 spiro atoms. The monoisotopic (exact) mass is 362 g/mol. The highest BCUT2D eigenvalue weighted by Crippen LogP contribution is 2.17. The van der Waals surface area contributed by atoms with E-state index < -0.39 is 11.8 Å². The van der Waals surface area contributed by atoms with E-state index in [2.05, 4.69) is 16.4 Å². The highest BCUT2D eigenvalue weighted by atomic mass is 19.1. The molecule has 1 aliphatic rings. The Balaban J connectivity index is 1.71. The lowest BCUT2D eigenvalue weighted by molar-refractivity contribution is -0.134. The lowest BCUT2D eigenvalue weighted by atomic mass is 10.1. The van der Waals surface area contributed by atoms with Gasteiger partial charge in [0.15, 0.2) is 0 Å². The van der Waals surface area contributed by atoms with Gasteiger partial charge in [0.05, 0.1) is 6.42 Å². The van der Waals surface area contributed by atoms with Crippen molar-refractivity contribution in [1.29, 1.82) is 0 Å². The summed E-state index contributed by atoms with van der Waals surface area (Å²) < 4.78 is 18.3. The largest absolute Gasteiger partial charge is 0.426 e. The van der Waals surface area contributed by atoms with E-state index in [-0.39, 0.29) is 24.6 Å². The van der Waals surface area contributed by atoms with E-state index in [1.807, 2.05) is 0 Å². The van der Waals surface area contributed by atoms with Crippen molar-refractivity contribution < 1.29 is 18.7 Å². The van der Waals surface area contributed by atoms with E-state index in [0.717, 1.165) is 6.07 Å². The second kappa shape index (κ2) is 8.59. The van der Waals surface area contributed by atoms with Crippen molar-refractivity contribution in [1.82, 2.24) is 4.98 Å². The number of allylic oxidation sites excluding steroid dienone is 2. The van der Waals surface area contributed by atoms with Gasteiger partial charge in [-0.2, -0.15) is 0 Å². The standard InChI is InChI=1S/C21H15FN2O3/c22-17-9-6-10-18(15-17)27-20(25)12-14-24(19-11-4-5-13-23-19)21(26)16-7-2-1-3-8-16/h2,4-11,13,15H,12,14H2. The summed E-state index contributed by atoms with van der Waals surface area (Å²) in [5, 5.41) is 0. The van der Waals surface area contributed by atoms with Crippen LogP contribution in [0.3, 0.4) is 0 Å². The first kappa shape index (κ1) is 18.1. The van der Waals surface area contributed by atoms with Crippen LogP contribution in [0, 0.1) is 5.82 Å². The normalized spacial score (nSPS) is 11.8. The molecule has 27 heavy (non-hydrogen) atoms. The number of hydrogen-bond acceptors (Lipinski definition) is 4. The van der Waals surface area contributed by atoms with Gasteiger partial charge in [-0.25, -0.2) is 9.37 Å². The molecule has 0 unspecified atom stereocenters. The Morgan fingerprint density at radius 3 is 2.74 bits per heavy atom. The van der Waals surface area contributed by atoms with Gasteiger partial charge in [0.25, 0.3) is 5.91 Å². The fraction of sp³-hybridized carbons (Fsp3) is 0.0952. The van der Waals surface area contributed by atoms with Crippen molar-refractivity contribution in [3.05, 3.63) is 89.7 Å². The maximum Gasteiger partial charge on any atom is 0.312 e. The summed E-state index contributed by atoms with van der Waals surface area (Å²) in [6.07, 6.45) is 6.19. The molecule has 5 nitrogen and oxygen atoms in total. The molecule has 6 heteroatoms. The lowest BCUT2D eigenvalue weighted by Crippen LogP contribution is -2.35. The third-order valence-corrected chi connectivity index (χ3v) is 3.64. The van der Waals surface area contributed by atoms with Crippen molar-refractivity contribution in [3.8, 4) is 5.75 Å². The Morgan fingerprint density at radius 2 is 2.04 bits per heavy atom. The summed E-state index contributed by atoms with van der Waals surface area (Å²) in [5.74, 6) is -0.875. The van der Waals surface area contributed by atoms with Crippen LogP contribution in [0.5, 0.6) is 5.75 Å². The summed E-state index contributed by atoms with van der Waals surface area (Å²) in [4.78, 5) is 30.5. The summed E-state index contributed by atoms with van der Waals surface area (Å²) in [6, 6.07) is 10.5. The molecule has 0 radical (unpaired) electrons. The number of aromatic nitrogens is 1. The number of halogens is 1. The van der Waals surface area contributed by atoms with E-state index in [4.69, 9.17) is 4.74 Å². The number of carbonyl (C=O) groups excluding carboxylic acids is 2. The van der Waals surface area contributed by atoms with Crippen molar-refractivity contribution >= 4 is 17.7 Å². The summed E-state index contributed by atoms with van der Waals surface area (Å²) >= 11 is 0. The Labute approximate surface area is 155 Å². The number of hydrogen-bond donors (Lipinski definition) is 0. The number of anilines is 1. The van der Waals surface area contributed by atoms with E-state index in [1.54, 1.807) is 36.5 Å². The van der Waals surface area contributed by atoms with Gasteiger partial charge in [-0.15, -0.1) is 0 Å². The molecule has 0 bridgehead atoms. The maximum absolute atomic E-state index is 13.2. The van der Waals surface area contributed by atoms with Crippen LogP contribution in [0.4, 0.5) is 10.2 Å². The second-order valence-corrected chi connectivity index (χ2v) is 5.55. The molecule has 1 aliphatic carbocycles. The zero-order valence-electron chi connectivity index (χ0n) is 14.3. The maximum atomic E-state index is 13.2. The second-order valence-electron chi connectivity index (χ2n) is 5.55. The van der Waals surface area contributed by atoms with Gasteiger partial charge < -0.3 is 4.74 Å². The molecule has 2 aromatic rings. The van der Waals surface area contributed by atoms with Gasteiger partial charge in [-0.3, -0.25) is 14.5 Å². The summed E-state index contributed by atoms with van der Waals surface area (Å²) in [6.45, 7) is 0.0581. The molecular formula is C21H15FN2O3. The van der Waals surface area contributed by atoms with Gasteiger partial charge in [0, 0.05) is 30.5 Å². The number of rotatable bonds is 6. The number of pyridine rings is 1. The molecule has 1 aromatic carbocycles. The van der Waals surface area contributed by atoms with Crippen LogP contribution in [0.25, 0.3) is 0 Å². The fourth-order valence-electron chi connectivity index (χ4n) is 2.39. The Morgan fingerprint density at radius 1 is 1.15 bits per heavy atom. The SMILES string of the molecule is O=C(CCN(C(=O)C1=CC=C=C=C1)c1ccccn1)Oc1cccc(F)c1. The number of carbonyl (C=O) groups is 2. The quantitative estimate of drug-likeness (QED) is 0.449. The van der Waals surface area contributed by atoms with Crippen LogP contribution in [0.15, 0.2) is 83.9 Å². The first-order valence-corrected chi connectivity index (χ1v) is 8.20. The van der Waals surface area contributed by atoms with E-state index >= 15 is 0 Å². The highest BCUT2D eigenvalue weighted by Gasteiger charge is 2.21. The lowest BCUT2D eigenvalue weighted by Gasteiger charge is -2.21. The minimum atomic E-state index is -0.581. The Hall–Kier alpha value is -3.72. The predicted octanol–water partition coefficient (Wildman–Crippen LogP) is 3.36. The summed E-state index contributed by atoms with van der Waals surface area (Å²) in [7, 11) is 0. The van der Waals surface area contributed by atoms with Gasteiger partial charge >= 0.3 is 5.97 Å². The van der Waals surface area contributed by atoms with Gasteiger partial charge in [0.2, 0.25) is 0 Å². The molecule has 1 aromatic heterocycles. The van der Waals surface area contributed by atoms with Crippen LogP contribution >= 0.6 is 0 Å². The molecule has 0 N–H and O–H groups in total.